The van der Waals surface area contributed by atoms with Crippen LogP contribution in [0.5, 0.6) is 0 Å². The van der Waals surface area contributed by atoms with Crippen molar-refractivity contribution in [3.63, 3.8) is 0 Å². The molecular formula is C32H42FNO3. The molecule has 0 bridgehead atoms. The molecule has 1 aromatic rings. The van der Waals surface area contributed by atoms with Crippen molar-refractivity contribution in [2.45, 2.75) is 85.2 Å². The second-order valence-electron chi connectivity index (χ2n) is 12.6. The van der Waals surface area contributed by atoms with Gasteiger partial charge >= 0.3 is 5.97 Å². The van der Waals surface area contributed by atoms with E-state index in [-0.39, 0.29) is 34.5 Å². The molecule has 8 atom stereocenters. The Morgan fingerprint density at radius 3 is 2.65 bits per heavy atom. The number of fused-ring (bicyclic) bond motifs is 5. The Bertz CT molecular complexity index is 1110. The number of rotatable bonds is 5. The smallest absolute Gasteiger partial charge is 0.302 e. The summed E-state index contributed by atoms with van der Waals surface area (Å²) in [4.78, 5) is 24.0. The van der Waals surface area contributed by atoms with E-state index >= 15 is 0 Å². The normalized spacial score (nSPS) is 37.6. The van der Waals surface area contributed by atoms with Crippen molar-refractivity contribution in [2.75, 3.05) is 5.32 Å². The summed E-state index contributed by atoms with van der Waals surface area (Å²) in [6, 6.07) is 6.27. The highest BCUT2D eigenvalue weighted by Crippen LogP contribution is 2.67. The third kappa shape index (κ3) is 4.79. The van der Waals surface area contributed by atoms with E-state index in [2.05, 4.69) is 32.2 Å². The number of amides is 1. The van der Waals surface area contributed by atoms with Gasteiger partial charge in [-0.05, 0) is 104 Å². The molecule has 3 saturated carbocycles. The number of anilines is 1. The van der Waals surface area contributed by atoms with Gasteiger partial charge in [0.15, 0.2) is 0 Å². The first-order valence-electron chi connectivity index (χ1n) is 14.2. The standard InChI is InChI=1S/C32H42FNO3/c1-20(9-14-30(36)34-29-8-6-5-7-28(29)33)25-12-13-26-24-11-10-22-19-23(37-21(2)35)15-17-31(22,3)27(24)16-18-32(25,26)4/h5-10,14,20,23-27H,11-13,15-19H2,1-4H3,(H,34,36)/b14-9+/t20-,23+,24+,25-,26+,27+,31+,32-/m1/s1. The quantitative estimate of drug-likeness (QED) is 0.256. The summed E-state index contributed by atoms with van der Waals surface area (Å²) in [5.74, 6) is 2.11. The first kappa shape index (κ1) is 26.2. The predicted molar refractivity (Wildman–Crippen MR) is 144 cm³/mol. The summed E-state index contributed by atoms with van der Waals surface area (Å²) in [5, 5.41) is 2.67. The zero-order valence-electron chi connectivity index (χ0n) is 22.8. The molecule has 0 unspecified atom stereocenters. The van der Waals surface area contributed by atoms with Crippen molar-refractivity contribution in [2.24, 2.45) is 40.4 Å². The van der Waals surface area contributed by atoms with Crippen molar-refractivity contribution in [3.05, 3.63) is 53.9 Å². The lowest BCUT2D eigenvalue weighted by Gasteiger charge is -2.58. The van der Waals surface area contributed by atoms with E-state index in [1.54, 1.807) is 24.3 Å². The Hall–Kier alpha value is -2.43. The van der Waals surface area contributed by atoms with Crippen LogP contribution in [0.15, 0.2) is 48.1 Å². The highest BCUT2D eigenvalue weighted by Gasteiger charge is 2.59. The number of ether oxygens (including phenoxy) is 1. The van der Waals surface area contributed by atoms with Gasteiger partial charge in [-0.2, -0.15) is 0 Å². The minimum Gasteiger partial charge on any atom is -0.462 e. The molecular weight excluding hydrogens is 465 g/mol. The van der Waals surface area contributed by atoms with Crippen LogP contribution < -0.4 is 5.32 Å². The Balaban J connectivity index is 1.26. The molecule has 1 aromatic carbocycles. The molecule has 0 saturated heterocycles. The van der Waals surface area contributed by atoms with Crippen LogP contribution in [-0.4, -0.2) is 18.0 Å². The minimum absolute atomic E-state index is 0.0429. The average Bonchev–Trinajstić information content (AvgIpc) is 3.21. The average molecular weight is 508 g/mol. The zero-order chi connectivity index (χ0) is 26.4. The third-order valence-electron chi connectivity index (χ3n) is 10.8. The number of para-hydroxylation sites is 1. The fourth-order valence-electron chi connectivity index (χ4n) is 8.98. The van der Waals surface area contributed by atoms with E-state index in [9.17, 15) is 14.0 Å². The molecule has 1 amide bonds. The molecule has 200 valence electrons. The maximum Gasteiger partial charge on any atom is 0.302 e. The molecule has 37 heavy (non-hydrogen) atoms. The lowest BCUT2D eigenvalue weighted by atomic mass is 9.47. The SMILES string of the molecule is CC(=O)O[C@H]1CC[C@@]2(C)C(=CC[C@H]3[C@@H]4CC[C@H]([C@H](C)/C=C/C(=O)Nc5ccccc5F)[C@@]4(C)CC[C@@H]32)C1. The van der Waals surface area contributed by atoms with E-state index in [1.807, 2.05) is 6.08 Å². The molecule has 0 radical (unpaired) electrons. The number of carbonyl (C=O) groups is 2. The van der Waals surface area contributed by atoms with E-state index in [4.69, 9.17) is 4.74 Å². The van der Waals surface area contributed by atoms with Gasteiger partial charge in [0.05, 0.1) is 5.69 Å². The van der Waals surface area contributed by atoms with Gasteiger partial charge in [-0.1, -0.05) is 50.6 Å². The predicted octanol–water partition coefficient (Wildman–Crippen LogP) is 7.47. The van der Waals surface area contributed by atoms with Gasteiger partial charge in [-0.3, -0.25) is 9.59 Å². The molecule has 4 aliphatic rings. The molecule has 0 spiro atoms. The van der Waals surface area contributed by atoms with Crippen molar-refractivity contribution in [1.82, 2.24) is 0 Å². The van der Waals surface area contributed by atoms with Gasteiger partial charge in [-0.15, -0.1) is 0 Å². The van der Waals surface area contributed by atoms with Crippen LogP contribution in [0.2, 0.25) is 0 Å². The zero-order valence-corrected chi connectivity index (χ0v) is 22.8. The summed E-state index contributed by atoms with van der Waals surface area (Å²) < 4.78 is 19.5. The maximum absolute atomic E-state index is 13.9. The van der Waals surface area contributed by atoms with Crippen molar-refractivity contribution >= 4 is 17.6 Å². The maximum atomic E-state index is 13.9. The second kappa shape index (κ2) is 10.0. The minimum atomic E-state index is -0.418. The molecule has 4 nitrogen and oxygen atoms in total. The monoisotopic (exact) mass is 507 g/mol. The van der Waals surface area contributed by atoms with E-state index in [0.717, 1.165) is 25.7 Å². The fraction of sp³-hybridized carbons (Fsp3) is 0.625. The Labute approximate surface area is 221 Å². The second-order valence-corrected chi connectivity index (χ2v) is 12.6. The summed E-state index contributed by atoms with van der Waals surface area (Å²) in [5.41, 5.74) is 2.26. The van der Waals surface area contributed by atoms with E-state index in [1.165, 1.54) is 44.2 Å². The number of esters is 1. The van der Waals surface area contributed by atoms with Gasteiger partial charge in [0.2, 0.25) is 5.91 Å². The van der Waals surface area contributed by atoms with Crippen molar-refractivity contribution in [1.29, 1.82) is 0 Å². The van der Waals surface area contributed by atoms with Crippen molar-refractivity contribution in [3.8, 4) is 0 Å². The molecule has 4 aliphatic carbocycles. The van der Waals surface area contributed by atoms with E-state index in [0.29, 0.717) is 29.6 Å². The van der Waals surface area contributed by atoms with Gasteiger partial charge in [0.25, 0.3) is 0 Å². The largest absolute Gasteiger partial charge is 0.462 e. The summed E-state index contributed by atoms with van der Waals surface area (Å²) in [6.07, 6.45) is 15.3. The Morgan fingerprint density at radius 2 is 1.89 bits per heavy atom. The van der Waals surface area contributed by atoms with Gasteiger partial charge in [0.1, 0.15) is 11.9 Å². The van der Waals surface area contributed by atoms with Crippen LogP contribution in [0.4, 0.5) is 10.1 Å². The highest BCUT2D eigenvalue weighted by molar-refractivity contribution is 5.99. The number of hydrogen-bond acceptors (Lipinski definition) is 3. The van der Waals surface area contributed by atoms with Crippen LogP contribution >= 0.6 is 0 Å². The molecule has 3 fully saturated rings. The van der Waals surface area contributed by atoms with Crippen LogP contribution in [-0.2, 0) is 14.3 Å². The lowest BCUT2D eigenvalue weighted by Crippen LogP contribution is -2.51. The first-order chi connectivity index (χ1) is 17.6. The number of hydrogen-bond donors (Lipinski definition) is 1. The molecule has 0 aliphatic heterocycles. The summed E-state index contributed by atoms with van der Waals surface area (Å²) in [7, 11) is 0. The van der Waals surface area contributed by atoms with Crippen LogP contribution in [0.1, 0.15) is 79.1 Å². The van der Waals surface area contributed by atoms with Crippen molar-refractivity contribution < 1.29 is 18.7 Å². The summed E-state index contributed by atoms with van der Waals surface area (Å²) in [6.45, 7) is 8.75. The molecule has 5 rings (SSSR count). The first-order valence-corrected chi connectivity index (χ1v) is 14.2. The number of nitrogens with one attached hydrogen (secondary N) is 1. The van der Waals surface area contributed by atoms with Gasteiger partial charge in [0, 0.05) is 13.3 Å². The van der Waals surface area contributed by atoms with Gasteiger partial charge < -0.3 is 10.1 Å². The number of halogens is 1. The van der Waals surface area contributed by atoms with Crippen LogP contribution in [0, 0.1) is 46.2 Å². The topological polar surface area (TPSA) is 55.4 Å². The third-order valence-corrected chi connectivity index (χ3v) is 10.8. The van der Waals surface area contributed by atoms with Crippen LogP contribution in [0.3, 0.4) is 0 Å². The molecule has 0 aromatic heterocycles. The molecule has 1 N–H and O–H groups in total. The number of benzene rings is 1. The van der Waals surface area contributed by atoms with E-state index < -0.39 is 5.82 Å². The number of allylic oxidation sites excluding steroid dienone is 2. The molecule has 5 heteroatoms. The molecule has 0 heterocycles. The van der Waals surface area contributed by atoms with Crippen LogP contribution in [0.25, 0.3) is 0 Å². The summed E-state index contributed by atoms with van der Waals surface area (Å²) >= 11 is 0. The lowest BCUT2D eigenvalue weighted by molar-refractivity contribution is -0.148. The fourth-order valence-corrected chi connectivity index (χ4v) is 8.98. The highest BCUT2D eigenvalue weighted by atomic mass is 19.1. The Kier molecular flexibility index (Phi) is 7.10. The Morgan fingerprint density at radius 1 is 1.11 bits per heavy atom. The number of carbonyl (C=O) groups excluding carboxylic acids is 2. The van der Waals surface area contributed by atoms with Gasteiger partial charge in [-0.25, -0.2) is 4.39 Å².